The van der Waals surface area contributed by atoms with Gasteiger partial charge in [0.15, 0.2) is 0 Å². The zero-order chi connectivity index (χ0) is 11.7. The monoisotopic (exact) mass is 212 g/mol. The molecular weight excluding hydrogens is 188 g/mol. The lowest BCUT2D eigenvalue weighted by atomic mass is 9.90. The second-order valence-corrected chi connectivity index (χ2v) is 4.67. The number of nitrogens with one attached hydrogen (secondary N) is 1. The second-order valence-electron chi connectivity index (χ2n) is 4.67. The topological polar surface area (TPSA) is 56.0 Å². The van der Waals surface area contributed by atoms with Crippen LogP contribution in [-0.2, 0) is 0 Å². The molecule has 0 aromatic heterocycles. The first-order valence-corrected chi connectivity index (χ1v) is 5.81. The molecule has 0 amide bonds. The third-order valence-electron chi connectivity index (χ3n) is 2.68. The highest BCUT2D eigenvalue weighted by molar-refractivity contribution is 4.91. The first-order chi connectivity index (χ1) is 7.05. The Morgan fingerprint density at radius 1 is 1.47 bits per heavy atom. The number of hydrogen-bond acceptors (Lipinski definition) is 3. The Hall–Kier alpha value is -0.590. The molecule has 0 saturated carbocycles. The van der Waals surface area contributed by atoms with Gasteiger partial charge in [0.05, 0.1) is 11.5 Å². The van der Waals surface area contributed by atoms with E-state index in [2.05, 4.69) is 18.3 Å². The van der Waals surface area contributed by atoms with E-state index in [0.29, 0.717) is 6.04 Å². The van der Waals surface area contributed by atoms with E-state index in [4.69, 9.17) is 10.4 Å². The fourth-order valence-electron chi connectivity index (χ4n) is 1.50. The number of aliphatic hydroxyl groups is 1. The predicted octanol–water partition coefficient (Wildman–Crippen LogP) is 2.07. The van der Waals surface area contributed by atoms with Crippen molar-refractivity contribution in [3.8, 4) is 6.07 Å². The van der Waals surface area contributed by atoms with Crippen LogP contribution in [0.5, 0.6) is 0 Å². The molecule has 3 nitrogen and oxygen atoms in total. The molecule has 0 aliphatic heterocycles. The quantitative estimate of drug-likeness (QED) is 0.606. The van der Waals surface area contributed by atoms with Gasteiger partial charge in [0.25, 0.3) is 0 Å². The van der Waals surface area contributed by atoms with Gasteiger partial charge >= 0.3 is 0 Å². The normalized spacial score (nSPS) is 13.5. The van der Waals surface area contributed by atoms with Crippen molar-refractivity contribution in [1.29, 1.82) is 5.26 Å². The Bertz CT molecular complexity index is 196. The molecule has 3 heteroatoms. The summed E-state index contributed by atoms with van der Waals surface area (Å²) in [7, 11) is 0. The van der Waals surface area contributed by atoms with Crippen LogP contribution in [0.1, 0.15) is 46.5 Å². The maximum absolute atomic E-state index is 8.83. The van der Waals surface area contributed by atoms with Crippen molar-refractivity contribution in [1.82, 2.24) is 5.32 Å². The van der Waals surface area contributed by atoms with Crippen molar-refractivity contribution in [2.24, 2.45) is 5.41 Å². The van der Waals surface area contributed by atoms with E-state index in [-0.39, 0.29) is 12.0 Å². The molecule has 2 N–H and O–H groups in total. The van der Waals surface area contributed by atoms with Gasteiger partial charge in [-0.05, 0) is 46.1 Å². The molecule has 0 bridgehead atoms. The zero-order valence-electron chi connectivity index (χ0n) is 10.2. The minimum atomic E-state index is -0.208. The van der Waals surface area contributed by atoms with Crippen molar-refractivity contribution in [2.75, 3.05) is 13.2 Å². The smallest absolute Gasteiger partial charge is 0.0683 e. The lowest BCUT2D eigenvalue weighted by Gasteiger charge is -2.18. The van der Waals surface area contributed by atoms with Gasteiger partial charge in [0.1, 0.15) is 0 Å². The summed E-state index contributed by atoms with van der Waals surface area (Å²) in [5, 5.41) is 21.0. The lowest BCUT2D eigenvalue weighted by Crippen LogP contribution is -2.30. The van der Waals surface area contributed by atoms with Crippen LogP contribution in [0.2, 0.25) is 0 Å². The maximum atomic E-state index is 8.83. The van der Waals surface area contributed by atoms with Gasteiger partial charge in [-0.25, -0.2) is 0 Å². The molecule has 0 aromatic carbocycles. The first kappa shape index (κ1) is 14.4. The van der Waals surface area contributed by atoms with E-state index in [1.807, 2.05) is 13.8 Å². The molecule has 15 heavy (non-hydrogen) atoms. The molecule has 0 aromatic rings. The highest BCUT2D eigenvalue weighted by Gasteiger charge is 2.15. The van der Waals surface area contributed by atoms with Gasteiger partial charge in [-0.15, -0.1) is 0 Å². The molecule has 0 aliphatic rings. The van der Waals surface area contributed by atoms with Gasteiger partial charge < -0.3 is 10.4 Å². The Balaban J connectivity index is 3.57. The summed E-state index contributed by atoms with van der Waals surface area (Å²) >= 11 is 0. The van der Waals surface area contributed by atoms with Crippen LogP contribution in [0.25, 0.3) is 0 Å². The molecule has 1 unspecified atom stereocenters. The molecule has 0 spiro atoms. The van der Waals surface area contributed by atoms with Gasteiger partial charge in [-0.2, -0.15) is 5.26 Å². The predicted molar refractivity (Wildman–Crippen MR) is 62.4 cm³/mol. The van der Waals surface area contributed by atoms with Gasteiger partial charge in [-0.1, -0.05) is 6.92 Å². The fraction of sp³-hybridized carbons (Fsp3) is 0.917. The number of nitriles is 1. The molecule has 0 radical (unpaired) electrons. The third kappa shape index (κ3) is 7.35. The minimum absolute atomic E-state index is 0.208. The van der Waals surface area contributed by atoms with Crippen LogP contribution in [0, 0.1) is 16.7 Å². The molecule has 88 valence electrons. The van der Waals surface area contributed by atoms with E-state index in [9.17, 15) is 0 Å². The van der Waals surface area contributed by atoms with Crippen LogP contribution in [0.15, 0.2) is 0 Å². The summed E-state index contributed by atoms with van der Waals surface area (Å²) in [5.74, 6) is 0. The fourth-order valence-corrected chi connectivity index (χ4v) is 1.50. The van der Waals surface area contributed by atoms with Crippen LogP contribution < -0.4 is 5.32 Å². The van der Waals surface area contributed by atoms with Crippen molar-refractivity contribution < 1.29 is 5.11 Å². The number of rotatable bonds is 8. The van der Waals surface area contributed by atoms with Gasteiger partial charge in [0.2, 0.25) is 0 Å². The van der Waals surface area contributed by atoms with E-state index < -0.39 is 0 Å². The number of nitrogens with zero attached hydrogens (tertiary/aromatic N) is 1. The number of aliphatic hydroxyl groups excluding tert-OH is 1. The molecule has 0 aliphatic carbocycles. The highest BCUT2D eigenvalue weighted by atomic mass is 16.3. The third-order valence-corrected chi connectivity index (χ3v) is 2.68. The summed E-state index contributed by atoms with van der Waals surface area (Å²) in [6.07, 6.45) is 3.80. The van der Waals surface area contributed by atoms with Gasteiger partial charge in [-0.3, -0.25) is 0 Å². The summed E-state index contributed by atoms with van der Waals surface area (Å²) in [4.78, 5) is 0. The van der Waals surface area contributed by atoms with Crippen molar-refractivity contribution in [2.45, 2.75) is 52.5 Å². The van der Waals surface area contributed by atoms with E-state index in [1.165, 1.54) is 0 Å². The molecular formula is C12H24N2O. The van der Waals surface area contributed by atoms with E-state index >= 15 is 0 Å². The molecule has 1 atom stereocenters. The van der Waals surface area contributed by atoms with E-state index in [1.54, 1.807) is 0 Å². The van der Waals surface area contributed by atoms with Crippen molar-refractivity contribution in [3.05, 3.63) is 0 Å². The summed E-state index contributed by atoms with van der Waals surface area (Å²) in [6, 6.07) is 2.72. The summed E-state index contributed by atoms with van der Waals surface area (Å²) < 4.78 is 0. The van der Waals surface area contributed by atoms with Crippen LogP contribution >= 0.6 is 0 Å². The molecule has 0 heterocycles. The summed E-state index contributed by atoms with van der Waals surface area (Å²) in [5.41, 5.74) is -0.208. The largest absolute Gasteiger partial charge is 0.396 e. The SMILES string of the molecule is CCC(CCO)NCCCC(C)(C)C#N. The average Bonchev–Trinajstić information content (AvgIpc) is 2.22. The Kier molecular flexibility index (Phi) is 7.37. The number of hydrogen-bond donors (Lipinski definition) is 2. The molecule has 0 fully saturated rings. The second kappa shape index (κ2) is 7.67. The summed E-state index contributed by atoms with van der Waals surface area (Å²) in [6.45, 7) is 7.24. The standard InChI is InChI=1S/C12H24N2O/c1-4-11(6-9-15)14-8-5-7-12(2,3)10-13/h11,14-15H,4-9H2,1-3H3. The van der Waals surface area contributed by atoms with Crippen LogP contribution in [0.3, 0.4) is 0 Å². The van der Waals surface area contributed by atoms with E-state index in [0.717, 1.165) is 32.2 Å². The Labute approximate surface area is 93.5 Å². The molecule has 0 rings (SSSR count). The molecule has 0 saturated heterocycles. The van der Waals surface area contributed by atoms with Crippen LogP contribution in [0.4, 0.5) is 0 Å². The van der Waals surface area contributed by atoms with Gasteiger partial charge in [0, 0.05) is 12.6 Å². The lowest BCUT2D eigenvalue weighted by molar-refractivity contribution is 0.261. The minimum Gasteiger partial charge on any atom is -0.396 e. The van der Waals surface area contributed by atoms with Crippen LogP contribution in [-0.4, -0.2) is 24.3 Å². The zero-order valence-corrected chi connectivity index (χ0v) is 10.2. The first-order valence-electron chi connectivity index (χ1n) is 5.81. The Morgan fingerprint density at radius 3 is 2.60 bits per heavy atom. The maximum Gasteiger partial charge on any atom is 0.0683 e. The van der Waals surface area contributed by atoms with Crippen molar-refractivity contribution >= 4 is 0 Å². The Morgan fingerprint density at radius 2 is 2.13 bits per heavy atom. The van der Waals surface area contributed by atoms with Crippen molar-refractivity contribution in [3.63, 3.8) is 0 Å². The highest BCUT2D eigenvalue weighted by Crippen LogP contribution is 2.19. The average molecular weight is 212 g/mol.